The van der Waals surface area contributed by atoms with E-state index in [9.17, 15) is 0 Å². The van der Waals surface area contributed by atoms with E-state index in [1.807, 2.05) is 24.0 Å². The molecule has 1 aromatic heterocycles. The molecule has 0 aliphatic carbocycles. The van der Waals surface area contributed by atoms with E-state index in [4.69, 9.17) is 9.73 Å². The van der Waals surface area contributed by atoms with Crippen LogP contribution in [-0.4, -0.2) is 46.5 Å². The topological polar surface area (TPSA) is 41.0 Å². The fraction of sp³-hybridized carbons (Fsp3) is 0.500. The summed E-state index contributed by atoms with van der Waals surface area (Å²) in [6, 6.07) is 13.7. The fourth-order valence-corrected chi connectivity index (χ4v) is 6.25. The van der Waals surface area contributed by atoms with E-state index >= 15 is 0 Å². The van der Waals surface area contributed by atoms with Crippen LogP contribution in [0.5, 0.6) is 5.75 Å². The quantitative estimate of drug-likeness (QED) is 0.651. The lowest BCUT2D eigenvalue weighted by molar-refractivity contribution is 0.254. The van der Waals surface area contributed by atoms with E-state index in [1.54, 1.807) is 0 Å². The lowest BCUT2D eigenvalue weighted by atomic mass is 9.94. The Morgan fingerprint density at radius 3 is 2.73 bits per heavy atom. The molecule has 1 aromatic carbocycles. The molecular formula is C24H30N4OS. The van der Waals surface area contributed by atoms with Crippen molar-refractivity contribution in [1.29, 1.82) is 0 Å². The smallest absolute Gasteiger partial charge is 0.160 e. The van der Waals surface area contributed by atoms with Crippen LogP contribution in [0.1, 0.15) is 56.5 Å². The van der Waals surface area contributed by atoms with Gasteiger partial charge in [0.1, 0.15) is 11.8 Å². The van der Waals surface area contributed by atoms with Crippen LogP contribution < -0.4 is 9.64 Å². The van der Waals surface area contributed by atoms with Crippen molar-refractivity contribution in [3.63, 3.8) is 0 Å². The molecular weight excluding hydrogens is 392 g/mol. The zero-order valence-electron chi connectivity index (χ0n) is 17.8. The Bertz CT molecular complexity index is 913. The first kappa shape index (κ1) is 19.7. The van der Waals surface area contributed by atoms with Gasteiger partial charge in [-0.15, -0.1) is 0 Å². The molecule has 4 heterocycles. The Kier molecular flexibility index (Phi) is 5.59. The molecule has 0 N–H and O–H groups in total. The number of hydrogen-bond donors (Lipinski definition) is 0. The second kappa shape index (κ2) is 8.50. The van der Waals surface area contributed by atoms with Gasteiger partial charge in [-0.1, -0.05) is 30.8 Å². The normalized spacial score (nSPS) is 25.5. The first-order valence-corrected chi connectivity index (χ1v) is 12.2. The van der Waals surface area contributed by atoms with Gasteiger partial charge in [-0.05, 0) is 56.0 Å². The summed E-state index contributed by atoms with van der Waals surface area (Å²) in [6.45, 7) is 7.26. The molecule has 3 aliphatic heterocycles. The van der Waals surface area contributed by atoms with Gasteiger partial charge in [-0.3, -0.25) is 9.98 Å². The Hall–Kier alpha value is -2.21. The zero-order chi connectivity index (χ0) is 20.5. The summed E-state index contributed by atoms with van der Waals surface area (Å²) >= 11 is 1.89. The fourth-order valence-electron chi connectivity index (χ4n) is 4.91. The predicted molar refractivity (Wildman–Crippen MR) is 125 cm³/mol. The number of aliphatic imine (C=N–C) groups is 1. The van der Waals surface area contributed by atoms with Gasteiger partial charge in [-0.25, -0.2) is 0 Å². The van der Waals surface area contributed by atoms with Crippen LogP contribution in [0.25, 0.3) is 0 Å². The maximum Gasteiger partial charge on any atom is 0.160 e. The van der Waals surface area contributed by atoms with Crippen molar-refractivity contribution in [2.45, 2.75) is 51.2 Å². The molecule has 3 aliphatic rings. The van der Waals surface area contributed by atoms with Crippen LogP contribution in [0.4, 0.5) is 5.69 Å². The molecule has 6 heteroatoms. The predicted octanol–water partition coefficient (Wildman–Crippen LogP) is 5.06. The van der Waals surface area contributed by atoms with Gasteiger partial charge in [-0.2, -0.15) is 0 Å². The Labute approximate surface area is 183 Å². The molecule has 0 amide bonds. The van der Waals surface area contributed by atoms with E-state index in [0.29, 0.717) is 12.6 Å². The van der Waals surface area contributed by atoms with Gasteiger partial charge >= 0.3 is 0 Å². The zero-order valence-corrected chi connectivity index (χ0v) is 18.6. The van der Waals surface area contributed by atoms with Crippen LogP contribution in [0.3, 0.4) is 0 Å². The monoisotopic (exact) mass is 422 g/mol. The highest BCUT2D eigenvalue weighted by Crippen LogP contribution is 2.49. The molecule has 2 fully saturated rings. The van der Waals surface area contributed by atoms with Crippen molar-refractivity contribution in [2.24, 2.45) is 4.99 Å². The van der Waals surface area contributed by atoms with Crippen molar-refractivity contribution in [2.75, 3.05) is 30.3 Å². The van der Waals surface area contributed by atoms with Crippen LogP contribution >= 0.6 is 11.8 Å². The number of pyridine rings is 1. The summed E-state index contributed by atoms with van der Waals surface area (Å²) in [6.07, 6.45) is 5.53. The average Bonchev–Trinajstić information content (AvgIpc) is 3.51. The first-order valence-electron chi connectivity index (χ1n) is 11.2. The number of thioether (sulfide) groups is 1. The Balaban J connectivity index is 1.56. The van der Waals surface area contributed by atoms with Crippen LogP contribution in [0.15, 0.2) is 47.6 Å². The number of fused-ring (bicyclic) bond motifs is 1. The maximum absolute atomic E-state index is 6.14. The summed E-state index contributed by atoms with van der Waals surface area (Å²) in [7, 11) is 0. The largest absolute Gasteiger partial charge is 0.492 e. The molecule has 3 atom stereocenters. The van der Waals surface area contributed by atoms with Crippen molar-refractivity contribution in [3.8, 4) is 5.75 Å². The number of benzene rings is 1. The lowest BCUT2D eigenvalue weighted by Crippen LogP contribution is -2.35. The first-order chi connectivity index (χ1) is 14.8. The van der Waals surface area contributed by atoms with Crippen molar-refractivity contribution in [1.82, 2.24) is 9.88 Å². The Morgan fingerprint density at radius 1 is 1.13 bits per heavy atom. The van der Waals surface area contributed by atoms with Gasteiger partial charge in [0.15, 0.2) is 5.17 Å². The number of anilines is 1. The summed E-state index contributed by atoms with van der Waals surface area (Å²) in [5.74, 6) is 2.12. The third kappa shape index (κ3) is 3.45. The summed E-state index contributed by atoms with van der Waals surface area (Å²) < 4.78 is 6.14. The van der Waals surface area contributed by atoms with E-state index in [2.05, 4.69) is 59.0 Å². The molecule has 158 valence electrons. The van der Waals surface area contributed by atoms with Gasteiger partial charge < -0.3 is 14.5 Å². The number of rotatable bonds is 6. The molecule has 0 unspecified atom stereocenters. The minimum absolute atomic E-state index is 0.0233. The number of aromatic nitrogens is 1. The molecule has 0 radical (unpaired) electrons. The Morgan fingerprint density at radius 2 is 2.00 bits per heavy atom. The molecule has 5 nitrogen and oxygen atoms in total. The highest BCUT2D eigenvalue weighted by molar-refractivity contribution is 8.14. The van der Waals surface area contributed by atoms with E-state index in [0.717, 1.165) is 36.7 Å². The van der Waals surface area contributed by atoms with Gasteiger partial charge in [0.25, 0.3) is 0 Å². The van der Waals surface area contributed by atoms with Crippen molar-refractivity contribution >= 4 is 22.6 Å². The highest BCUT2D eigenvalue weighted by Gasteiger charge is 2.45. The van der Waals surface area contributed by atoms with Crippen molar-refractivity contribution in [3.05, 3.63) is 53.9 Å². The van der Waals surface area contributed by atoms with Gasteiger partial charge in [0.05, 0.1) is 24.0 Å². The highest BCUT2D eigenvalue weighted by atomic mass is 32.2. The van der Waals surface area contributed by atoms with Crippen LogP contribution in [-0.2, 0) is 0 Å². The van der Waals surface area contributed by atoms with Gasteiger partial charge in [0, 0.05) is 31.1 Å². The van der Waals surface area contributed by atoms with E-state index in [-0.39, 0.29) is 12.1 Å². The summed E-state index contributed by atoms with van der Waals surface area (Å²) in [4.78, 5) is 14.8. The average molecular weight is 423 g/mol. The minimum atomic E-state index is 0.0233. The number of ether oxygens (including phenoxy) is 1. The third-order valence-corrected chi connectivity index (χ3v) is 7.53. The minimum Gasteiger partial charge on any atom is -0.492 e. The second-order valence-corrected chi connectivity index (χ2v) is 9.18. The van der Waals surface area contributed by atoms with Crippen LogP contribution in [0, 0.1) is 0 Å². The molecule has 30 heavy (non-hydrogen) atoms. The number of nitrogens with zero attached hydrogens (tertiary/aromatic N) is 4. The molecule has 2 aromatic rings. The molecule has 2 saturated heterocycles. The van der Waals surface area contributed by atoms with Crippen molar-refractivity contribution < 1.29 is 4.74 Å². The van der Waals surface area contributed by atoms with Crippen LogP contribution in [0.2, 0.25) is 0 Å². The maximum atomic E-state index is 6.14. The molecule has 5 rings (SSSR count). The van der Waals surface area contributed by atoms with E-state index < -0.39 is 0 Å². The van der Waals surface area contributed by atoms with Gasteiger partial charge in [0.2, 0.25) is 0 Å². The lowest BCUT2D eigenvalue weighted by Gasteiger charge is -2.32. The van der Waals surface area contributed by atoms with E-state index in [1.165, 1.54) is 29.3 Å². The standard InChI is InChI=1S/C24H30N4OS/c1-3-18-16-30-24-26-22(19-9-5-6-12-25-19)23(28(18)24)17-10-11-20(21(15-17)29-4-2)27-13-7-8-14-27/h5-6,9-12,15,18,22-23H,3-4,7-8,13-14,16H2,1-2H3/t18-,22+,23+/m0/s1. The number of amidine groups is 1. The second-order valence-electron chi connectivity index (χ2n) is 8.19. The summed E-state index contributed by atoms with van der Waals surface area (Å²) in [5.41, 5.74) is 3.55. The number of hydrogen-bond acceptors (Lipinski definition) is 6. The third-order valence-electron chi connectivity index (χ3n) is 6.40. The summed E-state index contributed by atoms with van der Waals surface area (Å²) in [5, 5.41) is 1.17. The molecule has 0 bridgehead atoms. The molecule has 0 spiro atoms. The SMILES string of the molecule is CCOc1cc([C@@H]2[C@@H](c3ccccn3)N=C3SC[C@H](CC)N32)ccc1N1CCCC1. The molecule has 0 saturated carbocycles.